The Balaban J connectivity index is 2.80. The molecule has 2 N–H and O–H groups in total. The van der Waals surface area contributed by atoms with Crippen molar-refractivity contribution in [2.45, 2.75) is 13.5 Å². The number of rotatable bonds is 4. The van der Waals surface area contributed by atoms with E-state index in [1.807, 2.05) is 19.1 Å². The van der Waals surface area contributed by atoms with E-state index in [4.69, 9.17) is 22.1 Å². The van der Waals surface area contributed by atoms with Crippen molar-refractivity contribution in [3.63, 3.8) is 0 Å². The number of benzene rings is 1. The number of halogens is 1. The summed E-state index contributed by atoms with van der Waals surface area (Å²) in [5.74, 6) is 0.778. The van der Waals surface area contributed by atoms with Gasteiger partial charge in [0.1, 0.15) is 12.4 Å². The first-order valence-electron chi connectivity index (χ1n) is 4.39. The lowest BCUT2D eigenvalue weighted by atomic mass is 10.2. The van der Waals surface area contributed by atoms with Crippen LogP contribution in [0.15, 0.2) is 30.4 Å². The van der Waals surface area contributed by atoms with Gasteiger partial charge in [-0.2, -0.15) is 0 Å². The van der Waals surface area contributed by atoms with Gasteiger partial charge in [-0.3, -0.25) is 0 Å². The second-order valence-electron chi connectivity index (χ2n) is 3.20. The lowest BCUT2D eigenvalue weighted by Crippen LogP contribution is -2.04. The zero-order valence-electron chi connectivity index (χ0n) is 8.22. The van der Waals surface area contributed by atoms with E-state index in [2.05, 4.69) is 6.58 Å². The summed E-state index contributed by atoms with van der Waals surface area (Å²) in [5.41, 5.74) is 7.46. The van der Waals surface area contributed by atoms with Crippen LogP contribution in [0.2, 0.25) is 5.02 Å². The monoisotopic (exact) mass is 211 g/mol. The van der Waals surface area contributed by atoms with E-state index in [0.29, 0.717) is 18.2 Å². The molecule has 0 aromatic heterocycles. The highest BCUT2D eigenvalue weighted by molar-refractivity contribution is 6.30. The van der Waals surface area contributed by atoms with Gasteiger partial charge in [0, 0.05) is 17.1 Å². The fourth-order valence-corrected chi connectivity index (χ4v) is 1.24. The van der Waals surface area contributed by atoms with Crippen molar-refractivity contribution in [3.8, 4) is 5.75 Å². The van der Waals surface area contributed by atoms with Crippen LogP contribution in [0.5, 0.6) is 5.75 Å². The molecule has 0 saturated carbocycles. The fourth-order valence-electron chi connectivity index (χ4n) is 1.05. The van der Waals surface area contributed by atoms with Crippen molar-refractivity contribution in [1.82, 2.24) is 0 Å². The molecule has 1 aromatic rings. The number of hydrogen-bond donors (Lipinski definition) is 1. The third kappa shape index (κ3) is 3.05. The van der Waals surface area contributed by atoms with E-state index in [1.165, 1.54) is 0 Å². The molecular weight excluding hydrogens is 198 g/mol. The van der Waals surface area contributed by atoms with Gasteiger partial charge < -0.3 is 10.5 Å². The smallest absolute Gasteiger partial charge is 0.124 e. The fraction of sp³-hybridized carbons (Fsp3) is 0.273. The minimum atomic E-state index is 0.423. The van der Waals surface area contributed by atoms with Gasteiger partial charge in [0.2, 0.25) is 0 Å². The number of hydrogen-bond acceptors (Lipinski definition) is 2. The van der Waals surface area contributed by atoms with Gasteiger partial charge in [-0.1, -0.05) is 18.2 Å². The lowest BCUT2D eigenvalue weighted by Gasteiger charge is -2.10. The highest BCUT2D eigenvalue weighted by Crippen LogP contribution is 2.22. The van der Waals surface area contributed by atoms with Gasteiger partial charge in [0.05, 0.1) is 0 Å². The maximum atomic E-state index is 5.83. The molecule has 2 nitrogen and oxygen atoms in total. The molecule has 0 bridgehead atoms. The first-order valence-corrected chi connectivity index (χ1v) is 4.77. The van der Waals surface area contributed by atoms with Crippen LogP contribution in [0, 0.1) is 0 Å². The lowest BCUT2D eigenvalue weighted by molar-refractivity contribution is 0.349. The summed E-state index contributed by atoms with van der Waals surface area (Å²) < 4.78 is 5.51. The van der Waals surface area contributed by atoms with E-state index < -0.39 is 0 Å². The van der Waals surface area contributed by atoms with E-state index in [-0.39, 0.29) is 0 Å². The predicted molar refractivity (Wildman–Crippen MR) is 59.7 cm³/mol. The molecule has 0 radical (unpaired) electrons. The summed E-state index contributed by atoms with van der Waals surface area (Å²) in [7, 11) is 0. The Morgan fingerprint density at radius 2 is 2.29 bits per heavy atom. The standard InChI is InChI=1S/C11H14ClNO/c1-8(2)7-14-11-4-3-10(12)5-9(11)6-13/h3-5H,1,6-7,13H2,2H3. The quantitative estimate of drug-likeness (QED) is 0.778. The van der Waals surface area contributed by atoms with Gasteiger partial charge in [0.15, 0.2) is 0 Å². The van der Waals surface area contributed by atoms with Crippen LogP contribution in [0.3, 0.4) is 0 Å². The zero-order chi connectivity index (χ0) is 10.6. The highest BCUT2D eigenvalue weighted by atomic mass is 35.5. The average molecular weight is 212 g/mol. The normalized spacial score (nSPS) is 9.93. The molecule has 0 saturated heterocycles. The van der Waals surface area contributed by atoms with Crippen LogP contribution in [0.25, 0.3) is 0 Å². The maximum absolute atomic E-state index is 5.83. The molecule has 0 aliphatic heterocycles. The van der Waals surface area contributed by atoms with Crippen LogP contribution >= 0.6 is 11.6 Å². The molecule has 76 valence electrons. The van der Waals surface area contributed by atoms with Gasteiger partial charge in [-0.05, 0) is 30.7 Å². The molecule has 1 aromatic carbocycles. The molecule has 0 heterocycles. The van der Waals surface area contributed by atoms with Crippen molar-refractivity contribution < 1.29 is 4.74 Å². The van der Waals surface area contributed by atoms with Gasteiger partial charge >= 0.3 is 0 Å². The van der Waals surface area contributed by atoms with E-state index in [1.54, 1.807) is 6.07 Å². The van der Waals surface area contributed by atoms with E-state index in [9.17, 15) is 0 Å². The van der Waals surface area contributed by atoms with E-state index >= 15 is 0 Å². The van der Waals surface area contributed by atoms with Crippen molar-refractivity contribution in [2.75, 3.05) is 6.61 Å². The summed E-state index contributed by atoms with van der Waals surface area (Å²) >= 11 is 5.83. The second-order valence-corrected chi connectivity index (χ2v) is 3.64. The molecular formula is C11H14ClNO. The first kappa shape index (κ1) is 11.1. The summed E-state index contributed by atoms with van der Waals surface area (Å²) in [6.07, 6.45) is 0. The molecule has 0 fully saturated rings. The van der Waals surface area contributed by atoms with E-state index in [0.717, 1.165) is 16.9 Å². The molecule has 0 amide bonds. The first-order chi connectivity index (χ1) is 6.63. The highest BCUT2D eigenvalue weighted by Gasteiger charge is 2.02. The van der Waals surface area contributed by atoms with Gasteiger partial charge in [-0.15, -0.1) is 0 Å². The Labute approximate surface area is 89.3 Å². The largest absolute Gasteiger partial charge is 0.489 e. The second kappa shape index (κ2) is 5.03. The zero-order valence-corrected chi connectivity index (χ0v) is 8.97. The molecule has 0 unspecified atom stereocenters. The Kier molecular flexibility index (Phi) is 3.98. The maximum Gasteiger partial charge on any atom is 0.124 e. The van der Waals surface area contributed by atoms with Crippen LogP contribution in [-0.2, 0) is 6.54 Å². The number of nitrogens with two attached hydrogens (primary N) is 1. The summed E-state index contributed by atoms with van der Waals surface area (Å²) in [5, 5.41) is 0.674. The Morgan fingerprint density at radius 1 is 1.57 bits per heavy atom. The number of ether oxygens (including phenoxy) is 1. The summed E-state index contributed by atoms with van der Waals surface area (Å²) in [6, 6.07) is 5.43. The molecule has 0 aliphatic rings. The third-order valence-electron chi connectivity index (χ3n) is 1.72. The topological polar surface area (TPSA) is 35.2 Å². The van der Waals surface area contributed by atoms with Crippen LogP contribution in [0.4, 0.5) is 0 Å². The average Bonchev–Trinajstić information content (AvgIpc) is 2.15. The minimum absolute atomic E-state index is 0.423. The molecule has 0 atom stereocenters. The predicted octanol–water partition coefficient (Wildman–Crippen LogP) is 2.75. The van der Waals surface area contributed by atoms with Crippen LogP contribution < -0.4 is 10.5 Å². The van der Waals surface area contributed by atoms with Crippen molar-refractivity contribution >= 4 is 11.6 Å². The Bertz CT molecular complexity index is 336. The minimum Gasteiger partial charge on any atom is -0.489 e. The SMILES string of the molecule is C=C(C)COc1ccc(Cl)cc1CN. The Hall–Kier alpha value is -0.990. The molecule has 1 rings (SSSR count). The molecule has 0 spiro atoms. The molecule has 0 aliphatic carbocycles. The molecule has 3 heteroatoms. The van der Waals surface area contributed by atoms with Gasteiger partial charge in [-0.25, -0.2) is 0 Å². The van der Waals surface area contributed by atoms with Crippen LogP contribution in [-0.4, -0.2) is 6.61 Å². The van der Waals surface area contributed by atoms with Gasteiger partial charge in [0.25, 0.3) is 0 Å². The summed E-state index contributed by atoms with van der Waals surface area (Å²) in [4.78, 5) is 0. The molecule has 14 heavy (non-hydrogen) atoms. The van der Waals surface area contributed by atoms with Crippen molar-refractivity contribution in [1.29, 1.82) is 0 Å². The third-order valence-corrected chi connectivity index (χ3v) is 1.95. The van der Waals surface area contributed by atoms with Crippen LogP contribution in [0.1, 0.15) is 12.5 Å². The summed E-state index contributed by atoms with van der Waals surface area (Å²) in [6.45, 7) is 6.61. The Morgan fingerprint density at radius 3 is 2.86 bits per heavy atom. The van der Waals surface area contributed by atoms with Crippen molar-refractivity contribution in [2.24, 2.45) is 5.73 Å². The van der Waals surface area contributed by atoms with Crippen molar-refractivity contribution in [3.05, 3.63) is 40.9 Å².